The summed E-state index contributed by atoms with van der Waals surface area (Å²) in [7, 11) is 2.19. The van der Waals surface area contributed by atoms with Crippen molar-refractivity contribution in [2.75, 3.05) is 25.5 Å². The average Bonchev–Trinajstić information content (AvgIpc) is 2.88. The zero-order chi connectivity index (χ0) is 15.9. The lowest BCUT2D eigenvalue weighted by atomic mass is 9.79. The molecule has 1 aliphatic heterocycles. The Morgan fingerprint density at radius 2 is 2.27 bits per heavy atom. The van der Waals surface area contributed by atoms with Crippen molar-refractivity contribution >= 4 is 49.8 Å². The number of hydrogen-bond donors (Lipinski definition) is 1. The van der Waals surface area contributed by atoms with Gasteiger partial charge in [0.15, 0.2) is 5.01 Å². The number of piperidine rings is 1. The highest BCUT2D eigenvalue weighted by atomic mass is 127. The van der Waals surface area contributed by atoms with Crippen molar-refractivity contribution < 1.29 is 0 Å². The first-order valence-electron chi connectivity index (χ1n) is 7.35. The Bertz CT molecular complexity index is 746. The summed E-state index contributed by atoms with van der Waals surface area (Å²) in [6, 6.07) is 6.78. The standard InChI is InChI=1S/C16H19IN4S/c1-16(2)9-21(3)7-6-12(16)19-10-4-5-11-15(14(10)17)20-13(8-18)22-11/h4-5,12,19H,6-7,9H2,1-3H3. The van der Waals surface area contributed by atoms with Crippen LogP contribution in [0.1, 0.15) is 25.3 Å². The number of benzene rings is 1. The van der Waals surface area contributed by atoms with E-state index in [0.717, 1.165) is 39.0 Å². The number of anilines is 1. The van der Waals surface area contributed by atoms with Crippen molar-refractivity contribution in [3.05, 3.63) is 20.7 Å². The summed E-state index contributed by atoms with van der Waals surface area (Å²) < 4.78 is 2.19. The van der Waals surface area contributed by atoms with E-state index in [1.165, 1.54) is 11.3 Å². The quantitative estimate of drug-likeness (QED) is 0.740. The fourth-order valence-corrected chi connectivity index (χ4v) is 4.90. The van der Waals surface area contributed by atoms with E-state index in [9.17, 15) is 0 Å². The topological polar surface area (TPSA) is 52.0 Å². The van der Waals surface area contributed by atoms with Gasteiger partial charge in [-0.05, 0) is 60.2 Å². The molecule has 0 spiro atoms. The van der Waals surface area contributed by atoms with Crippen LogP contribution in [-0.2, 0) is 0 Å². The molecule has 1 aromatic carbocycles. The van der Waals surface area contributed by atoms with Crippen LogP contribution in [-0.4, -0.2) is 36.1 Å². The zero-order valence-corrected chi connectivity index (χ0v) is 16.0. The van der Waals surface area contributed by atoms with Gasteiger partial charge in [-0.2, -0.15) is 5.26 Å². The first-order chi connectivity index (χ1) is 10.4. The minimum absolute atomic E-state index is 0.227. The largest absolute Gasteiger partial charge is 0.381 e. The average molecular weight is 426 g/mol. The molecule has 1 unspecified atom stereocenters. The third-order valence-corrected chi connectivity index (χ3v) is 6.36. The van der Waals surface area contributed by atoms with Crippen molar-refractivity contribution in [1.82, 2.24) is 9.88 Å². The van der Waals surface area contributed by atoms with Crippen molar-refractivity contribution in [3.63, 3.8) is 0 Å². The number of halogens is 1. The molecular formula is C16H19IN4S. The molecule has 4 nitrogen and oxygen atoms in total. The normalized spacial score (nSPS) is 21.7. The van der Waals surface area contributed by atoms with E-state index in [0.29, 0.717) is 11.0 Å². The van der Waals surface area contributed by atoms with E-state index in [4.69, 9.17) is 5.26 Å². The van der Waals surface area contributed by atoms with Crippen molar-refractivity contribution in [1.29, 1.82) is 5.26 Å². The van der Waals surface area contributed by atoms with Gasteiger partial charge in [0.2, 0.25) is 0 Å². The number of thiazole rings is 1. The fourth-order valence-electron chi connectivity index (χ4n) is 3.20. The smallest absolute Gasteiger partial charge is 0.195 e. The summed E-state index contributed by atoms with van der Waals surface area (Å²) in [5, 5.41) is 13.3. The van der Waals surface area contributed by atoms with Crippen LogP contribution in [0, 0.1) is 20.3 Å². The Kier molecular flexibility index (Phi) is 4.32. The molecule has 1 saturated heterocycles. The zero-order valence-electron chi connectivity index (χ0n) is 13.0. The van der Waals surface area contributed by atoms with E-state index in [1.807, 2.05) is 0 Å². The van der Waals surface area contributed by atoms with E-state index < -0.39 is 0 Å². The molecule has 2 heterocycles. The van der Waals surface area contributed by atoms with Gasteiger partial charge in [-0.1, -0.05) is 13.8 Å². The van der Waals surface area contributed by atoms with Gasteiger partial charge in [-0.15, -0.1) is 11.3 Å². The van der Waals surface area contributed by atoms with Crippen LogP contribution in [0.4, 0.5) is 5.69 Å². The number of aromatic nitrogens is 1. The molecule has 0 aliphatic carbocycles. The second kappa shape index (κ2) is 5.95. The summed E-state index contributed by atoms with van der Waals surface area (Å²) in [5.74, 6) is 0. The molecule has 0 bridgehead atoms. The summed E-state index contributed by atoms with van der Waals surface area (Å²) in [5.41, 5.74) is 2.30. The molecule has 2 aromatic rings. The molecular weight excluding hydrogens is 407 g/mol. The molecule has 3 rings (SSSR count). The predicted octanol–water partition coefficient (Wildman–Crippen LogP) is 3.91. The predicted molar refractivity (Wildman–Crippen MR) is 100 cm³/mol. The summed E-state index contributed by atoms with van der Waals surface area (Å²) in [6.45, 7) is 6.86. The van der Waals surface area contributed by atoms with Gasteiger partial charge in [0, 0.05) is 12.6 Å². The van der Waals surface area contributed by atoms with Crippen LogP contribution < -0.4 is 5.32 Å². The fraction of sp³-hybridized carbons (Fsp3) is 0.500. The number of rotatable bonds is 2. The summed E-state index contributed by atoms with van der Waals surface area (Å²) in [4.78, 5) is 6.83. The van der Waals surface area contributed by atoms with Crippen LogP contribution in [0.15, 0.2) is 12.1 Å². The number of nitrogens with one attached hydrogen (secondary N) is 1. The number of likely N-dealkylation sites (tertiary alicyclic amines) is 1. The van der Waals surface area contributed by atoms with Crippen LogP contribution in [0.25, 0.3) is 10.2 Å². The summed E-state index contributed by atoms with van der Waals surface area (Å²) in [6.07, 6.45) is 1.14. The van der Waals surface area contributed by atoms with E-state index in [1.54, 1.807) is 0 Å². The molecule has 0 amide bonds. The molecule has 0 radical (unpaired) electrons. The maximum Gasteiger partial charge on any atom is 0.195 e. The summed E-state index contributed by atoms with van der Waals surface area (Å²) >= 11 is 3.80. The lowest BCUT2D eigenvalue weighted by Crippen LogP contribution is -2.50. The molecule has 116 valence electrons. The molecule has 1 aliphatic rings. The van der Waals surface area contributed by atoms with Gasteiger partial charge in [0.25, 0.3) is 0 Å². The van der Waals surface area contributed by atoms with Gasteiger partial charge in [-0.3, -0.25) is 0 Å². The Morgan fingerprint density at radius 1 is 1.50 bits per heavy atom. The monoisotopic (exact) mass is 426 g/mol. The Morgan fingerprint density at radius 3 is 2.95 bits per heavy atom. The van der Waals surface area contributed by atoms with E-state index in [-0.39, 0.29) is 5.41 Å². The number of hydrogen-bond acceptors (Lipinski definition) is 5. The van der Waals surface area contributed by atoms with Crippen LogP contribution >= 0.6 is 33.9 Å². The molecule has 1 aromatic heterocycles. The van der Waals surface area contributed by atoms with Gasteiger partial charge >= 0.3 is 0 Å². The third-order valence-electron chi connectivity index (χ3n) is 4.34. The van der Waals surface area contributed by atoms with E-state index in [2.05, 4.69) is 76.9 Å². The highest BCUT2D eigenvalue weighted by Gasteiger charge is 2.34. The molecule has 1 atom stereocenters. The second-order valence-corrected chi connectivity index (χ2v) is 8.73. The SMILES string of the molecule is CN1CCC(Nc2ccc3sc(C#N)nc3c2I)C(C)(C)C1. The third kappa shape index (κ3) is 2.94. The molecule has 6 heteroatoms. The van der Waals surface area contributed by atoms with Crippen LogP contribution in [0.3, 0.4) is 0 Å². The van der Waals surface area contributed by atoms with Crippen molar-refractivity contribution in [2.24, 2.45) is 5.41 Å². The number of nitrogens with zero attached hydrogens (tertiary/aromatic N) is 3. The Labute approximate surface area is 148 Å². The number of nitriles is 1. The maximum atomic E-state index is 9.03. The molecule has 1 fully saturated rings. The lowest BCUT2D eigenvalue weighted by molar-refractivity contribution is 0.126. The highest BCUT2D eigenvalue weighted by Crippen LogP contribution is 2.35. The van der Waals surface area contributed by atoms with Crippen molar-refractivity contribution in [2.45, 2.75) is 26.3 Å². The first kappa shape index (κ1) is 16.0. The Hall–Kier alpha value is -0.910. The van der Waals surface area contributed by atoms with Gasteiger partial charge in [0.1, 0.15) is 6.07 Å². The van der Waals surface area contributed by atoms with Crippen LogP contribution in [0.5, 0.6) is 0 Å². The van der Waals surface area contributed by atoms with Crippen LogP contribution in [0.2, 0.25) is 0 Å². The number of fused-ring (bicyclic) bond motifs is 1. The van der Waals surface area contributed by atoms with Gasteiger partial charge in [-0.25, -0.2) is 4.98 Å². The lowest BCUT2D eigenvalue weighted by Gasteiger charge is -2.43. The van der Waals surface area contributed by atoms with Crippen molar-refractivity contribution in [3.8, 4) is 6.07 Å². The first-order valence-corrected chi connectivity index (χ1v) is 9.24. The minimum Gasteiger partial charge on any atom is -0.381 e. The van der Waals surface area contributed by atoms with Gasteiger partial charge in [0.05, 0.1) is 19.5 Å². The second-order valence-electron chi connectivity index (χ2n) is 6.62. The highest BCUT2D eigenvalue weighted by molar-refractivity contribution is 14.1. The molecule has 22 heavy (non-hydrogen) atoms. The van der Waals surface area contributed by atoms with E-state index >= 15 is 0 Å². The maximum absolute atomic E-state index is 9.03. The molecule has 1 N–H and O–H groups in total. The molecule has 0 saturated carbocycles. The minimum atomic E-state index is 0.227. The van der Waals surface area contributed by atoms with Gasteiger partial charge < -0.3 is 10.2 Å². The Balaban J connectivity index is 1.91.